The summed E-state index contributed by atoms with van der Waals surface area (Å²) in [5, 5.41) is 6.70. The van der Waals surface area contributed by atoms with Crippen molar-refractivity contribution in [3.63, 3.8) is 0 Å². The molecule has 96 valence electrons. The van der Waals surface area contributed by atoms with E-state index in [1.807, 2.05) is 7.05 Å². The maximum absolute atomic E-state index is 11.7. The van der Waals surface area contributed by atoms with Crippen molar-refractivity contribution in [1.82, 2.24) is 10.6 Å². The molecule has 1 rings (SSSR count). The fourth-order valence-electron chi connectivity index (χ4n) is 1.23. The van der Waals surface area contributed by atoms with Gasteiger partial charge in [0.15, 0.2) is 0 Å². The minimum Gasteiger partial charge on any atom is -0.352 e. The highest BCUT2D eigenvalue weighted by Crippen LogP contribution is 2.20. The highest BCUT2D eigenvalue weighted by atomic mass is 35.5. The van der Waals surface area contributed by atoms with E-state index < -0.39 is 0 Å². The van der Waals surface area contributed by atoms with E-state index in [0.717, 1.165) is 13.0 Å². The molecule has 1 aromatic rings. The average Bonchev–Trinajstić information content (AvgIpc) is 2.27. The highest BCUT2D eigenvalue weighted by molar-refractivity contribution is 6.35. The lowest BCUT2D eigenvalue weighted by Crippen LogP contribution is -2.26. The average molecular weight is 298 g/mol. The number of hydrogen-bond donors (Lipinski definition) is 2. The third-order valence-corrected chi connectivity index (χ3v) is 2.63. The van der Waals surface area contributed by atoms with E-state index in [4.69, 9.17) is 23.2 Å². The number of carbonyl (C=O) groups is 1. The smallest absolute Gasteiger partial charge is 0.252 e. The maximum atomic E-state index is 11.7. The molecule has 0 saturated heterocycles. The van der Waals surface area contributed by atoms with Gasteiger partial charge in [-0.05, 0) is 38.2 Å². The van der Waals surface area contributed by atoms with Crippen molar-refractivity contribution in [3.05, 3.63) is 33.8 Å². The second kappa shape index (κ2) is 8.59. The van der Waals surface area contributed by atoms with Gasteiger partial charge < -0.3 is 10.6 Å². The standard InChI is InChI=1S/C11H14Cl2N2O.ClH/c1-14-5-2-6-15-11(16)9-7-8(12)3-4-10(9)13;/h3-4,7,14H,2,5-6H2,1H3,(H,15,16);1H. The van der Waals surface area contributed by atoms with E-state index in [9.17, 15) is 4.79 Å². The lowest BCUT2D eigenvalue weighted by Gasteiger charge is -2.06. The lowest BCUT2D eigenvalue weighted by molar-refractivity contribution is 0.0953. The molecule has 0 heterocycles. The van der Waals surface area contributed by atoms with Crippen LogP contribution in [0.1, 0.15) is 16.8 Å². The van der Waals surface area contributed by atoms with E-state index in [1.165, 1.54) is 0 Å². The number of rotatable bonds is 5. The van der Waals surface area contributed by atoms with Crippen LogP contribution >= 0.6 is 35.6 Å². The van der Waals surface area contributed by atoms with Crippen molar-refractivity contribution in [2.24, 2.45) is 0 Å². The fraction of sp³-hybridized carbons (Fsp3) is 0.364. The Bertz CT molecular complexity index is 372. The van der Waals surface area contributed by atoms with Crippen LogP contribution in [0.2, 0.25) is 10.0 Å². The summed E-state index contributed by atoms with van der Waals surface area (Å²) < 4.78 is 0. The number of amides is 1. The molecule has 0 saturated carbocycles. The van der Waals surface area contributed by atoms with Crippen molar-refractivity contribution in [1.29, 1.82) is 0 Å². The van der Waals surface area contributed by atoms with Gasteiger partial charge in [0.25, 0.3) is 5.91 Å². The number of hydrogen-bond acceptors (Lipinski definition) is 2. The third kappa shape index (κ3) is 5.59. The van der Waals surface area contributed by atoms with Gasteiger partial charge in [-0.3, -0.25) is 4.79 Å². The summed E-state index contributed by atoms with van der Waals surface area (Å²) in [4.78, 5) is 11.7. The van der Waals surface area contributed by atoms with Crippen molar-refractivity contribution in [2.75, 3.05) is 20.1 Å². The highest BCUT2D eigenvalue weighted by Gasteiger charge is 2.09. The molecule has 0 unspecified atom stereocenters. The predicted molar refractivity (Wildman–Crippen MR) is 74.6 cm³/mol. The van der Waals surface area contributed by atoms with Gasteiger partial charge in [0.2, 0.25) is 0 Å². The topological polar surface area (TPSA) is 41.1 Å². The molecule has 0 aromatic heterocycles. The molecule has 1 amide bonds. The molecule has 0 aliphatic heterocycles. The molecular weight excluding hydrogens is 282 g/mol. The van der Waals surface area contributed by atoms with Gasteiger partial charge in [-0.15, -0.1) is 12.4 Å². The summed E-state index contributed by atoms with van der Waals surface area (Å²) in [7, 11) is 1.87. The van der Waals surface area contributed by atoms with Crippen LogP contribution in [-0.2, 0) is 0 Å². The van der Waals surface area contributed by atoms with E-state index in [1.54, 1.807) is 18.2 Å². The number of benzene rings is 1. The quantitative estimate of drug-likeness (QED) is 0.821. The van der Waals surface area contributed by atoms with E-state index >= 15 is 0 Å². The molecule has 0 spiro atoms. The molecule has 3 nitrogen and oxygen atoms in total. The minimum atomic E-state index is -0.191. The van der Waals surface area contributed by atoms with Gasteiger partial charge in [0, 0.05) is 11.6 Å². The Morgan fingerprint density at radius 3 is 2.65 bits per heavy atom. The van der Waals surface area contributed by atoms with Crippen molar-refractivity contribution >= 4 is 41.5 Å². The molecule has 0 fully saturated rings. The third-order valence-electron chi connectivity index (χ3n) is 2.06. The Kier molecular flexibility index (Phi) is 8.35. The number of nitrogens with one attached hydrogen (secondary N) is 2. The van der Waals surface area contributed by atoms with Crippen molar-refractivity contribution in [3.8, 4) is 0 Å². The molecule has 0 bridgehead atoms. The van der Waals surface area contributed by atoms with Crippen molar-refractivity contribution < 1.29 is 4.79 Å². The Morgan fingerprint density at radius 2 is 2.00 bits per heavy atom. The Labute approximate surface area is 117 Å². The van der Waals surface area contributed by atoms with Gasteiger partial charge in [-0.25, -0.2) is 0 Å². The largest absolute Gasteiger partial charge is 0.352 e. The summed E-state index contributed by atoms with van der Waals surface area (Å²) in [6, 6.07) is 4.84. The normalized spacial score (nSPS) is 9.59. The summed E-state index contributed by atoms with van der Waals surface area (Å²) in [6.07, 6.45) is 0.875. The molecule has 1 aromatic carbocycles. The molecule has 0 aliphatic rings. The first-order valence-electron chi connectivity index (χ1n) is 5.03. The first-order chi connectivity index (χ1) is 7.65. The Hall–Kier alpha value is -0.480. The van der Waals surface area contributed by atoms with E-state index in [0.29, 0.717) is 22.2 Å². The molecule has 0 radical (unpaired) electrons. The van der Waals surface area contributed by atoms with Gasteiger partial charge in [-0.1, -0.05) is 23.2 Å². The monoisotopic (exact) mass is 296 g/mol. The van der Waals surface area contributed by atoms with Crippen LogP contribution in [-0.4, -0.2) is 26.0 Å². The van der Waals surface area contributed by atoms with Crippen LogP contribution in [0, 0.1) is 0 Å². The van der Waals surface area contributed by atoms with E-state index in [2.05, 4.69) is 10.6 Å². The molecule has 17 heavy (non-hydrogen) atoms. The first-order valence-corrected chi connectivity index (χ1v) is 5.78. The second-order valence-electron chi connectivity index (χ2n) is 3.34. The number of halogens is 3. The molecular formula is C11H15Cl3N2O. The van der Waals surface area contributed by atoms with Crippen LogP contribution in [0.4, 0.5) is 0 Å². The van der Waals surface area contributed by atoms with Gasteiger partial charge >= 0.3 is 0 Å². The summed E-state index contributed by atoms with van der Waals surface area (Å²) in [5.74, 6) is -0.191. The molecule has 0 aliphatic carbocycles. The Morgan fingerprint density at radius 1 is 1.29 bits per heavy atom. The van der Waals surface area contributed by atoms with E-state index in [-0.39, 0.29) is 18.3 Å². The SMILES string of the molecule is CNCCCNC(=O)c1cc(Cl)ccc1Cl.Cl. The zero-order valence-electron chi connectivity index (χ0n) is 9.43. The molecule has 0 atom stereocenters. The predicted octanol–water partition coefficient (Wildman–Crippen LogP) is 2.75. The van der Waals surface area contributed by atoms with Gasteiger partial charge in [-0.2, -0.15) is 0 Å². The van der Waals surface area contributed by atoms with Crippen molar-refractivity contribution in [2.45, 2.75) is 6.42 Å². The van der Waals surface area contributed by atoms with Gasteiger partial charge in [0.05, 0.1) is 10.6 Å². The zero-order chi connectivity index (χ0) is 12.0. The molecule has 2 N–H and O–H groups in total. The lowest BCUT2D eigenvalue weighted by atomic mass is 10.2. The summed E-state index contributed by atoms with van der Waals surface area (Å²) >= 11 is 11.7. The van der Waals surface area contributed by atoms with Crippen LogP contribution in [0.3, 0.4) is 0 Å². The number of carbonyl (C=O) groups excluding carboxylic acids is 1. The maximum Gasteiger partial charge on any atom is 0.252 e. The van der Waals surface area contributed by atoms with Crippen LogP contribution in [0.5, 0.6) is 0 Å². The zero-order valence-corrected chi connectivity index (χ0v) is 11.8. The van der Waals surface area contributed by atoms with Crippen LogP contribution in [0.15, 0.2) is 18.2 Å². The minimum absolute atomic E-state index is 0. The van der Waals surface area contributed by atoms with Gasteiger partial charge in [0.1, 0.15) is 0 Å². The summed E-state index contributed by atoms with van der Waals surface area (Å²) in [6.45, 7) is 1.48. The summed E-state index contributed by atoms with van der Waals surface area (Å²) in [5.41, 5.74) is 0.415. The molecule has 6 heteroatoms. The van der Waals surface area contributed by atoms with Crippen LogP contribution < -0.4 is 10.6 Å². The Balaban J connectivity index is 0.00000256. The first kappa shape index (κ1) is 16.5. The second-order valence-corrected chi connectivity index (χ2v) is 4.18. The van der Waals surface area contributed by atoms with Crippen LogP contribution in [0.25, 0.3) is 0 Å². The fourth-order valence-corrected chi connectivity index (χ4v) is 1.61.